The van der Waals surface area contributed by atoms with Crippen molar-refractivity contribution in [3.05, 3.63) is 64.5 Å². The fourth-order valence-electron chi connectivity index (χ4n) is 2.24. The van der Waals surface area contributed by atoms with Crippen molar-refractivity contribution in [1.82, 2.24) is 20.1 Å². The normalized spacial score (nSPS) is 10.6. The molecule has 1 aromatic carbocycles. The molecule has 6 nitrogen and oxygen atoms in total. The molecule has 0 atom stereocenters. The molecule has 0 saturated heterocycles. The van der Waals surface area contributed by atoms with Crippen LogP contribution in [0.4, 0.5) is 0 Å². The van der Waals surface area contributed by atoms with Crippen molar-refractivity contribution in [2.75, 3.05) is 6.61 Å². The van der Waals surface area contributed by atoms with Gasteiger partial charge >= 0.3 is 0 Å². The van der Waals surface area contributed by atoms with Gasteiger partial charge in [-0.1, -0.05) is 29.3 Å². The van der Waals surface area contributed by atoms with Crippen molar-refractivity contribution in [2.24, 2.45) is 7.05 Å². The Labute approximate surface area is 160 Å². The first-order valence-electron chi connectivity index (χ1n) is 7.80. The summed E-state index contributed by atoms with van der Waals surface area (Å²) in [7, 11) is 1.85. The standard InChI is InChI=1S/C18H16Cl2N4O2/c1-24-10-13(9-23-24)16-4-2-12(7-21-16)8-22-18(25)11-26-17-5-3-14(19)6-15(17)20/h2-7,9-10H,8,11H2,1H3,(H,22,25). The highest BCUT2D eigenvalue weighted by molar-refractivity contribution is 6.35. The fraction of sp³-hybridized carbons (Fsp3) is 0.167. The third kappa shape index (κ3) is 4.74. The zero-order valence-corrected chi connectivity index (χ0v) is 15.5. The van der Waals surface area contributed by atoms with Crippen LogP contribution in [0.3, 0.4) is 0 Å². The van der Waals surface area contributed by atoms with E-state index in [1.807, 2.05) is 25.4 Å². The van der Waals surface area contributed by atoms with Gasteiger partial charge in [-0.05, 0) is 29.8 Å². The van der Waals surface area contributed by atoms with Crippen molar-refractivity contribution < 1.29 is 9.53 Å². The van der Waals surface area contributed by atoms with Gasteiger partial charge in [-0.3, -0.25) is 14.5 Å². The molecule has 0 aliphatic carbocycles. The molecule has 0 saturated carbocycles. The second-order valence-corrected chi connectivity index (χ2v) is 6.44. The van der Waals surface area contributed by atoms with E-state index < -0.39 is 0 Å². The van der Waals surface area contributed by atoms with E-state index >= 15 is 0 Å². The SMILES string of the molecule is Cn1cc(-c2ccc(CNC(=O)COc3ccc(Cl)cc3Cl)cn2)cn1. The maximum Gasteiger partial charge on any atom is 0.258 e. The van der Waals surface area contributed by atoms with E-state index in [4.69, 9.17) is 27.9 Å². The van der Waals surface area contributed by atoms with Crippen LogP contribution in [0.15, 0.2) is 48.9 Å². The number of halogens is 2. The summed E-state index contributed by atoms with van der Waals surface area (Å²) in [6, 6.07) is 8.63. The van der Waals surface area contributed by atoms with Crippen molar-refractivity contribution >= 4 is 29.1 Å². The van der Waals surface area contributed by atoms with Gasteiger partial charge in [0.25, 0.3) is 5.91 Å². The molecule has 3 aromatic rings. The minimum Gasteiger partial charge on any atom is -0.482 e. The van der Waals surface area contributed by atoms with Crippen LogP contribution in [0.25, 0.3) is 11.3 Å². The Hall–Kier alpha value is -2.57. The third-order valence-electron chi connectivity index (χ3n) is 3.57. The number of ether oxygens (including phenoxy) is 1. The van der Waals surface area contributed by atoms with Gasteiger partial charge in [0.05, 0.1) is 16.9 Å². The number of nitrogens with zero attached hydrogens (tertiary/aromatic N) is 3. The Balaban J connectivity index is 1.49. The van der Waals surface area contributed by atoms with Crippen LogP contribution in [0.1, 0.15) is 5.56 Å². The lowest BCUT2D eigenvalue weighted by Crippen LogP contribution is -2.28. The Kier molecular flexibility index (Phi) is 5.75. The first kappa shape index (κ1) is 18.2. The zero-order valence-electron chi connectivity index (χ0n) is 13.9. The minimum atomic E-state index is -0.257. The molecule has 3 rings (SSSR count). The van der Waals surface area contributed by atoms with Crippen LogP contribution < -0.4 is 10.1 Å². The van der Waals surface area contributed by atoms with Gasteiger partial charge in [0, 0.05) is 36.6 Å². The Morgan fingerprint density at radius 1 is 1.23 bits per heavy atom. The number of aromatic nitrogens is 3. The number of pyridine rings is 1. The smallest absolute Gasteiger partial charge is 0.258 e. The van der Waals surface area contributed by atoms with Crippen molar-refractivity contribution in [1.29, 1.82) is 0 Å². The highest BCUT2D eigenvalue weighted by atomic mass is 35.5. The van der Waals surface area contributed by atoms with Crippen LogP contribution >= 0.6 is 23.2 Å². The number of nitrogens with one attached hydrogen (secondary N) is 1. The molecule has 0 aliphatic heterocycles. The molecule has 0 bridgehead atoms. The molecule has 2 aromatic heterocycles. The zero-order chi connectivity index (χ0) is 18.5. The predicted molar refractivity (Wildman–Crippen MR) is 100 cm³/mol. The van der Waals surface area contributed by atoms with Gasteiger partial charge in [0.2, 0.25) is 0 Å². The van der Waals surface area contributed by atoms with E-state index in [0.717, 1.165) is 16.8 Å². The summed E-state index contributed by atoms with van der Waals surface area (Å²) in [5.74, 6) is 0.154. The topological polar surface area (TPSA) is 69.0 Å². The molecule has 0 aliphatic rings. The second-order valence-electron chi connectivity index (χ2n) is 5.59. The number of benzene rings is 1. The number of carbonyl (C=O) groups excluding carboxylic acids is 1. The number of carbonyl (C=O) groups is 1. The fourth-order valence-corrected chi connectivity index (χ4v) is 2.70. The summed E-state index contributed by atoms with van der Waals surface area (Å²) in [6.07, 6.45) is 5.37. The van der Waals surface area contributed by atoms with Crippen molar-refractivity contribution in [3.63, 3.8) is 0 Å². The predicted octanol–water partition coefficient (Wildman–Crippen LogP) is 3.48. The summed E-state index contributed by atoms with van der Waals surface area (Å²) in [5.41, 5.74) is 2.65. The van der Waals surface area contributed by atoms with E-state index in [1.165, 1.54) is 0 Å². The minimum absolute atomic E-state index is 0.136. The van der Waals surface area contributed by atoms with E-state index in [-0.39, 0.29) is 12.5 Å². The Bertz CT molecular complexity index is 910. The maximum absolute atomic E-state index is 11.9. The molecule has 26 heavy (non-hydrogen) atoms. The van der Waals surface area contributed by atoms with E-state index in [0.29, 0.717) is 22.3 Å². The highest BCUT2D eigenvalue weighted by Crippen LogP contribution is 2.27. The van der Waals surface area contributed by atoms with E-state index in [1.54, 1.807) is 35.3 Å². The molecule has 1 N–H and O–H groups in total. The summed E-state index contributed by atoms with van der Waals surface area (Å²) >= 11 is 11.8. The summed E-state index contributed by atoms with van der Waals surface area (Å²) in [6.45, 7) is 0.222. The number of hydrogen-bond acceptors (Lipinski definition) is 4. The van der Waals surface area contributed by atoms with Gasteiger partial charge in [-0.25, -0.2) is 0 Å². The molecule has 2 heterocycles. The highest BCUT2D eigenvalue weighted by Gasteiger charge is 2.07. The quantitative estimate of drug-likeness (QED) is 0.699. The van der Waals surface area contributed by atoms with Crippen molar-refractivity contribution in [2.45, 2.75) is 6.54 Å². The van der Waals surface area contributed by atoms with Crippen LogP contribution in [-0.4, -0.2) is 27.3 Å². The molecule has 134 valence electrons. The number of aryl methyl sites for hydroxylation is 1. The van der Waals surface area contributed by atoms with Crippen LogP contribution in [0, 0.1) is 0 Å². The Morgan fingerprint density at radius 2 is 2.08 bits per heavy atom. The third-order valence-corrected chi connectivity index (χ3v) is 4.10. The van der Waals surface area contributed by atoms with E-state index in [9.17, 15) is 4.79 Å². The van der Waals surface area contributed by atoms with Gasteiger partial charge in [-0.15, -0.1) is 0 Å². The number of amides is 1. The number of hydrogen-bond donors (Lipinski definition) is 1. The van der Waals surface area contributed by atoms with Gasteiger partial charge in [-0.2, -0.15) is 5.10 Å². The summed E-state index contributed by atoms with van der Waals surface area (Å²) < 4.78 is 7.11. The lowest BCUT2D eigenvalue weighted by Gasteiger charge is -2.09. The molecule has 8 heteroatoms. The molecule has 0 radical (unpaired) electrons. The van der Waals surface area contributed by atoms with Crippen LogP contribution in [0.5, 0.6) is 5.75 Å². The second kappa shape index (κ2) is 8.21. The molecule has 0 fully saturated rings. The van der Waals surface area contributed by atoms with Gasteiger partial charge < -0.3 is 10.1 Å². The average Bonchev–Trinajstić information content (AvgIpc) is 3.06. The molecular formula is C18H16Cl2N4O2. The number of rotatable bonds is 6. The molecule has 0 spiro atoms. The van der Waals surface area contributed by atoms with Crippen LogP contribution in [0.2, 0.25) is 10.0 Å². The summed E-state index contributed by atoms with van der Waals surface area (Å²) in [5, 5.41) is 7.76. The lowest BCUT2D eigenvalue weighted by molar-refractivity contribution is -0.123. The summed E-state index contributed by atoms with van der Waals surface area (Å²) in [4.78, 5) is 16.3. The first-order chi connectivity index (χ1) is 12.5. The maximum atomic E-state index is 11.9. The average molecular weight is 391 g/mol. The van der Waals surface area contributed by atoms with E-state index in [2.05, 4.69) is 15.4 Å². The lowest BCUT2D eigenvalue weighted by atomic mass is 10.2. The largest absolute Gasteiger partial charge is 0.482 e. The molecular weight excluding hydrogens is 375 g/mol. The monoisotopic (exact) mass is 390 g/mol. The molecule has 0 unspecified atom stereocenters. The Morgan fingerprint density at radius 3 is 2.73 bits per heavy atom. The van der Waals surface area contributed by atoms with Gasteiger partial charge in [0.15, 0.2) is 6.61 Å². The van der Waals surface area contributed by atoms with Crippen molar-refractivity contribution in [3.8, 4) is 17.0 Å². The molecule has 1 amide bonds. The van der Waals surface area contributed by atoms with Gasteiger partial charge in [0.1, 0.15) is 5.75 Å². The van der Waals surface area contributed by atoms with Crippen LogP contribution in [-0.2, 0) is 18.4 Å². The first-order valence-corrected chi connectivity index (χ1v) is 8.55.